The first kappa shape index (κ1) is 15.6. The fraction of sp³-hybridized carbons (Fsp3) is 0.857. The lowest BCUT2D eigenvalue weighted by atomic mass is 9.93. The zero-order valence-corrected chi connectivity index (χ0v) is 13.4. The molecule has 0 spiro atoms. The second kappa shape index (κ2) is 6.11. The molecule has 1 N–H and O–H groups in total. The van der Waals surface area contributed by atoms with E-state index in [9.17, 15) is 0 Å². The molecule has 0 bridgehead atoms. The molecule has 0 aliphatic carbocycles. The molecule has 0 fully saturated rings. The fourth-order valence-electron chi connectivity index (χ4n) is 1.62. The molecule has 0 atom stereocenters. The van der Waals surface area contributed by atoms with Crippen LogP contribution >= 0.6 is 11.3 Å². The van der Waals surface area contributed by atoms with Gasteiger partial charge in [0, 0.05) is 18.4 Å². The van der Waals surface area contributed by atoms with Gasteiger partial charge < -0.3 is 5.32 Å². The van der Waals surface area contributed by atoms with Crippen molar-refractivity contribution in [2.45, 2.75) is 66.3 Å². The second-order valence-corrected chi connectivity index (χ2v) is 8.25. The van der Waals surface area contributed by atoms with E-state index < -0.39 is 0 Å². The van der Waals surface area contributed by atoms with Gasteiger partial charge in [0.2, 0.25) is 0 Å². The van der Waals surface area contributed by atoms with Crippen LogP contribution in [0.1, 0.15) is 58.0 Å². The molecule has 4 heteroatoms. The van der Waals surface area contributed by atoms with Crippen molar-refractivity contribution in [3.8, 4) is 0 Å². The van der Waals surface area contributed by atoms with Crippen LogP contribution < -0.4 is 5.32 Å². The van der Waals surface area contributed by atoms with Gasteiger partial charge in [0.1, 0.15) is 10.0 Å². The van der Waals surface area contributed by atoms with Crippen LogP contribution in [0.2, 0.25) is 0 Å². The highest BCUT2D eigenvalue weighted by atomic mass is 32.1. The predicted molar refractivity (Wildman–Crippen MR) is 79.1 cm³/mol. The topological polar surface area (TPSA) is 37.8 Å². The number of aryl methyl sites for hydroxylation is 1. The van der Waals surface area contributed by atoms with E-state index in [1.807, 2.05) is 0 Å². The molecule has 0 aliphatic heterocycles. The van der Waals surface area contributed by atoms with Gasteiger partial charge in [-0.15, -0.1) is 21.5 Å². The largest absolute Gasteiger partial charge is 0.312 e. The summed E-state index contributed by atoms with van der Waals surface area (Å²) in [7, 11) is 0. The lowest BCUT2D eigenvalue weighted by molar-refractivity contribution is 0.409. The van der Waals surface area contributed by atoms with Crippen LogP contribution in [-0.2, 0) is 12.8 Å². The van der Waals surface area contributed by atoms with Gasteiger partial charge in [0.15, 0.2) is 0 Å². The summed E-state index contributed by atoms with van der Waals surface area (Å²) in [5, 5.41) is 14.4. The molecule has 0 unspecified atom stereocenters. The van der Waals surface area contributed by atoms with Crippen molar-refractivity contribution in [1.82, 2.24) is 15.5 Å². The summed E-state index contributed by atoms with van der Waals surface area (Å²) in [4.78, 5) is 0. The predicted octanol–water partition coefficient (Wildman–Crippen LogP) is 3.45. The van der Waals surface area contributed by atoms with E-state index in [0.29, 0.717) is 5.41 Å². The van der Waals surface area contributed by atoms with Crippen molar-refractivity contribution in [3.05, 3.63) is 10.0 Å². The second-order valence-electron chi connectivity index (χ2n) is 7.11. The standard InChI is InChI=1S/C14H27N3S/c1-13(2,3)10-12-17-16-11(18-12)8-7-9-15-14(4,5)6/h15H,7-10H2,1-6H3. The SMILES string of the molecule is CC(C)(C)Cc1nnc(CCCNC(C)(C)C)s1. The minimum atomic E-state index is 0.207. The van der Waals surface area contributed by atoms with E-state index in [2.05, 4.69) is 57.1 Å². The molecule has 0 saturated heterocycles. The molecule has 18 heavy (non-hydrogen) atoms. The van der Waals surface area contributed by atoms with E-state index in [0.717, 1.165) is 25.8 Å². The van der Waals surface area contributed by atoms with Crippen LogP contribution in [0.3, 0.4) is 0 Å². The van der Waals surface area contributed by atoms with E-state index in [1.54, 1.807) is 11.3 Å². The molecule has 0 aliphatic rings. The molecule has 104 valence electrons. The lowest BCUT2D eigenvalue weighted by Crippen LogP contribution is -2.36. The summed E-state index contributed by atoms with van der Waals surface area (Å²) in [6.45, 7) is 14.3. The summed E-state index contributed by atoms with van der Waals surface area (Å²) in [6, 6.07) is 0. The molecule has 1 aromatic rings. The van der Waals surface area contributed by atoms with Gasteiger partial charge in [-0.05, 0) is 39.2 Å². The maximum atomic E-state index is 4.28. The van der Waals surface area contributed by atoms with Crippen molar-refractivity contribution >= 4 is 11.3 Å². The number of hydrogen-bond acceptors (Lipinski definition) is 4. The van der Waals surface area contributed by atoms with Gasteiger partial charge in [0.05, 0.1) is 0 Å². The average Bonchev–Trinajstić information content (AvgIpc) is 2.56. The highest BCUT2D eigenvalue weighted by molar-refractivity contribution is 7.11. The first-order valence-corrected chi connectivity index (χ1v) is 7.54. The lowest BCUT2D eigenvalue weighted by Gasteiger charge is -2.20. The van der Waals surface area contributed by atoms with E-state index in [4.69, 9.17) is 0 Å². The number of hydrogen-bond donors (Lipinski definition) is 1. The first-order chi connectivity index (χ1) is 8.16. The molecular weight excluding hydrogens is 242 g/mol. The van der Waals surface area contributed by atoms with Crippen LogP contribution in [0.15, 0.2) is 0 Å². The molecule has 0 amide bonds. The normalized spacial score (nSPS) is 13.0. The van der Waals surface area contributed by atoms with Crippen LogP contribution in [0.25, 0.3) is 0 Å². The zero-order chi connectivity index (χ0) is 13.8. The fourth-order valence-corrected chi connectivity index (χ4v) is 2.80. The van der Waals surface area contributed by atoms with Crippen molar-refractivity contribution in [2.24, 2.45) is 5.41 Å². The van der Waals surface area contributed by atoms with Crippen LogP contribution in [0.5, 0.6) is 0 Å². The van der Waals surface area contributed by atoms with Crippen molar-refractivity contribution in [2.75, 3.05) is 6.54 Å². The Morgan fingerprint density at radius 2 is 1.61 bits per heavy atom. The maximum Gasteiger partial charge on any atom is 0.117 e. The Hall–Kier alpha value is -0.480. The first-order valence-electron chi connectivity index (χ1n) is 6.72. The zero-order valence-electron chi connectivity index (χ0n) is 12.6. The van der Waals surface area contributed by atoms with E-state index in [1.165, 1.54) is 10.0 Å². The third-order valence-corrected chi connectivity index (χ3v) is 3.40. The van der Waals surface area contributed by atoms with Gasteiger partial charge in [-0.3, -0.25) is 0 Å². The Morgan fingerprint density at radius 1 is 1.00 bits per heavy atom. The Bertz CT molecular complexity index is 358. The number of nitrogens with one attached hydrogen (secondary N) is 1. The highest BCUT2D eigenvalue weighted by Gasteiger charge is 2.15. The summed E-state index contributed by atoms with van der Waals surface area (Å²) >= 11 is 1.77. The van der Waals surface area contributed by atoms with Crippen molar-refractivity contribution in [1.29, 1.82) is 0 Å². The molecule has 0 saturated carbocycles. The van der Waals surface area contributed by atoms with Gasteiger partial charge in [-0.1, -0.05) is 20.8 Å². The van der Waals surface area contributed by atoms with Gasteiger partial charge in [-0.2, -0.15) is 0 Å². The van der Waals surface area contributed by atoms with Gasteiger partial charge in [0.25, 0.3) is 0 Å². The smallest absolute Gasteiger partial charge is 0.117 e. The summed E-state index contributed by atoms with van der Waals surface area (Å²) in [5.74, 6) is 0. The van der Waals surface area contributed by atoms with Crippen molar-refractivity contribution < 1.29 is 0 Å². The number of aromatic nitrogens is 2. The molecule has 1 aromatic heterocycles. The Balaban J connectivity index is 2.32. The van der Waals surface area contributed by atoms with Gasteiger partial charge >= 0.3 is 0 Å². The monoisotopic (exact) mass is 269 g/mol. The number of rotatable bonds is 5. The minimum absolute atomic E-state index is 0.207. The Labute approximate surface area is 115 Å². The third-order valence-electron chi connectivity index (χ3n) is 2.41. The molecule has 3 nitrogen and oxygen atoms in total. The number of nitrogens with zero attached hydrogens (tertiary/aromatic N) is 2. The molecule has 1 heterocycles. The summed E-state index contributed by atoms with van der Waals surface area (Å²) in [6.07, 6.45) is 3.18. The quantitative estimate of drug-likeness (QED) is 0.832. The van der Waals surface area contributed by atoms with Crippen molar-refractivity contribution in [3.63, 3.8) is 0 Å². The Kier molecular flexibility index (Phi) is 5.29. The van der Waals surface area contributed by atoms with E-state index >= 15 is 0 Å². The average molecular weight is 269 g/mol. The Morgan fingerprint density at radius 3 is 2.17 bits per heavy atom. The minimum Gasteiger partial charge on any atom is -0.312 e. The highest BCUT2D eigenvalue weighted by Crippen LogP contribution is 2.23. The van der Waals surface area contributed by atoms with Gasteiger partial charge in [-0.25, -0.2) is 0 Å². The van der Waals surface area contributed by atoms with Crippen LogP contribution in [0, 0.1) is 5.41 Å². The van der Waals surface area contributed by atoms with E-state index in [-0.39, 0.29) is 5.54 Å². The molecular formula is C14H27N3S. The third kappa shape index (κ3) is 7.07. The van der Waals surface area contributed by atoms with Crippen LogP contribution in [0.4, 0.5) is 0 Å². The maximum absolute atomic E-state index is 4.28. The molecule has 0 aromatic carbocycles. The molecule has 1 rings (SSSR count). The molecule has 0 radical (unpaired) electrons. The van der Waals surface area contributed by atoms with Crippen LogP contribution in [-0.4, -0.2) is 22.3 Å². The summed E-state index contributed by atoms with van der Waals surface area (Å²) < 4.78 is 0. The summed E-state index contributed by atoms with van der Waals surface area (Å²) in [5.41, 5.74) is 0.503.